The van der Waals surface area contributed by atoms with Crippen LogP contribution in [0.3, 0.4) is 0 Å². The lowest BCUT2D eigenvalue weighted by molar-refractivity contribution is 0.262. The number of rotatable bonds is 10. The van der Waals surface area contributed by atoms with E-state index in [2.05, 4.69) is 116 Å². The van der Waals surface area contributed by atoms with E-state index in [9.17, 15) is 10.2 Å². The van der Waals surface area contributed by atoms with E-state index in [1.807, 2.05) is 0 Å². The maximum absolute atomic E-state index is 9.48. The third kappa shape index (κ3) is 7.09. The molecule has 1 aliphatic rings. The standard InChI is InChI=1S/C32H54N4O2/c1-31(2,3)23-33-27-15-13-26(36(9,10)18-12-20-38)22-30(27)34(24-32(4,5)6)28-16-14-25(21-29(28)33)35(7,8)17-11-19-37/h13-16,21-22,37-38H,11-12,17-20,23-24H2,1-10H3/q+2. The maximum atomic E-state index is 9.48. The topological polar surface area (TPSA) is 46.9 Å². The first-order chi connectivity index (χ1) is 17.5. The van der Waals surface area contributed by atoms with E-state index >= 15 is 0 Å². The normalized spacial score (nSPS) is 14.5. The van der Waals surface area contributed by atoms with Gasteiger partial charge < -0.3 is 20.0 Å². The monoisotopic (exact) mass is 526 g/mol. The van der Waals surface area contributed by atoms with E-state index in [4.69, 9.17) is 0 Å². The van der Waals surface area contributed by atoms with Crippen LogP contribution in [0.15, 0.2) is 36.4 Å². The van der Waals surface area contributed by atoms with Crippen molar-refractivity contribution >= 4 is 34.1 Å². The molecule has 0 saturated heterocycles. The van der Waals surface area contributed by atoms with Gasteiger partial charge >= 0.3 is 0 Å². The first kappa shape index (κ1) is 30.4. The van der Waals surface area contributed by atoms with E-state index in [1.165, 1.54) is 34.1 Å². The quantitative estimate of drug-likeness (QED) is 0.358. The highest BCUT2D eigenvalue weighted by atomic mass is 16.3. The highest BCUT2D eigenvalue weighted by molar-refractivity contribution is 5.95. The van der Waals surface area contributed by atoms with Gasteiger partial charge in [0, 0.05) is 63.4 Å². The summed E-state index contributed by atoms with van der Waals surface area (Å²) in [5.74, 6) is 0. The summed E-state index contributed by atoms with van der Waals surface area (Å²) in [6, 6.07) is 13.9. The molecular weight excluding hydrogens is 472 g/mol. The van der Waals surface area contributed by atoms with Crippen LogP contribution in [0.2, 0.25) is 0 Å². The maximum Gasteiger partial charge on any atom is 0.134 e. The molecule has 0 spiro atoms. The molecular formula is C32H54N4O2+2. The van der Waals surface area contributed by atoms with Crippen LogP contribution in [-0.2, 0) is 0 Å². The van der Waals surface area contributed by atoms with Crippen molar-refractivity contribution in [2.75, 3.05) is 77.4 Å². The van der Waals surface area contributed by atoms with Gasteiger partial charge in [0.25, 0.3) is 0 Å². The van der Waals surface area contributed by atoms with Gasteiger partial charge in [-0.2, -0.15) is 0 Å². The minimum Gasteiger partial charge on any atom is -0.396 e. The second-order valence-electron chi connectivity index (χ2n) is 14.6. The van der Waals surface area contributed by atoms with Gasteiger partial charge in [0.05, 0.1) is 64.0 Å². The van der Waals surface area contributed by atoms with Crippen LogP contribution >= 0.6 is 0 Å². The first-order valence-corrected chi connectivity index (χ1v) is 14.2. The number of hydrogen-bond donors (Lipinski definition) is 2. The molecule has 0 aromatic heterocycles. The number of aliphatic hydroxyl groups is 2. The third-order valence-corrected chi connectivity index (χ3v) is 7.49. The van der Waals surface area contributed by atoms with Crippen LogP contribution < -0.4 is 18.8 Å². The van der Waals surface area contributed by atoms with E-state index in [0.717, 1.165) is 48.0 Å². The summed E-state index contributed by atoms with van der Waals surface area (Å²) in [5.41, 5.74) is 7.74. The number of anilines is 4. The lowest BCUT2D eigenvalue weighted by Crippen LogP contribution is -2.43. The van der Waals surface area contributed by atoms with Gasteiger partial charge in [0.2, 0.25) is 0 Å². The van der Waals surface area contributed by atoms with Crippen LogP contribution in [0.1, 0.15) is 54.4 Å². The fraction of sp³-hybridized carbons (Fsp3) is 0.625. The molecule has 0 atom stereocenters. The summed E-state index contributed by atoms with van der Waals surface area (Å²) in [6.07, 6.45) is 1.56. The Kier molecular flexibility index (Phi) is 8.94. The molecule has 6 nitrogen and oxygen atoms in total. The van der Waals surface area contributed by atoms with E-state index in [-0.39, 0.29) is 24.0 Å². The molecule has 2 N–H and O–H groups in total. The molecule has 0 fully saturated rings. The van der Waals surface area contributed by atoms with Crippen LogP contribution in [-0.4, -0.2) is 77.8 Å². The fourth-order valence-corrected chi connectivity index (χ4v) is 5.40. The largest absolute Gasteiger partial charge is 0.396 e. The minimum atomic E-state index is 0.104. The molecule has 0 aliphatic carbocycles. The van der Waals surface area contributed by atoms with Crippen molar-refractivity contribution in [1.29, 1.82) is 0 Å². The molecule has 3 rings (SSSR count). The van der Waals surface area contributed by atoms with E-state index in [0.29, 0.717) is 0 Å². The highest BCUT2D eigenvalue weighted by Gasteiger charge is 2.35. The van der Waals surface area contributed by atoms with Crippen molar-refractivity contribution < 1.29 is 10.2 Å². The zero-order valence-corrected chi connectivity index (χ0v) is 25.8. The summed E-state index contributed by atoms with van der Waals surface area (Å²) in [4.78, 5) is 5.05. The molecule has 212 valence electrons. The molecule has 0 unspecified atom stereocenters. The van der Waals surface area contributed by atoms with Crippen LogP contribution in [0.5, 0.6) is 0 Å². The average molecular weight is 527 g/mol. The van der Waals surface area contributed by atoms with Gasteiger partial charge in [-0.25, -0.2) is 0 Å². The Morgan fingerprint density at radius 2 is 0.921 bits per heavy atom. The zero-order chi connectivity index (χ0) is 28.5. The first-order valence-electron chi connectivity index (χ1n) is 14.2. The summed E-state index contributed by atoms with van der Waals surface area (Å²) in [7, 11) is 8.92. The number of aliphatic hydroxyl groups excluding tert-OH is 2. The number of quaternary nitrogens is 2. The number of benzene rings is 2. The van der Waals surface area contributed by atoms with Crippen LogP contribution in [0.25, 0.3) is 0 Å². The Balaban J connectivity index is 2.24. The van der Waals surface area contributed by atoms with Gasteiger partial charge in [0.1, 0.15) is 11.4 Å². The molecule has 0 amide bonds. The smallest absolute Gasteiger partial charge is 0.134 e. The van der Waals surface area contributed by atoms with Gasteiger partial charge in [-0.05, 0) is 23.0 Å². The van der Waals surface area contributed by atoms with Gasteiger partial charge in [0.15, 0.2) is 0 Å². The zero-order valence-electron chi connectivity index (χ0n) is 25.8. The molecule has 1 heterocycles. The fourth-order valence-electron chi connectivity index (χ4n) is 5.40. The second-order valence-corrected chi connectivity index (χ2v) is 14.6. The Labute approximate surface area is 232 Å². The predicted octanol–water partition coefficient (Wildman–Crippen LogP) is 6.27. The Morgan fingerprint density at radius 1 is 0.579 bits per heavy atom. The van der Waals surface area contributed by atoms with Crippen molar-refractivity contribution in [2.45, 2.75) is 54.4 Å². The van der Waals surface area contributed by atoms with Gasteiger partial charge in [-0.15, -0.1) is 0 Å². The molecule has 38 heavy (non-hydrogen) atoms. The number of hydrogen-bond acceptors (Lipinski definition) is 4. The van der Waals surface area contributed by atoms with Gasteiger partial charge in [-0.1, -0.05) is 41.5 Å². The van der Waals surface area contributed by atoms with Crippen molar-refractivity contribution in [2.24, 2.45) is 10.8 Å². The van der Waals surface area contributed by atoms with Crippen molar-refractivity contribution in [1.82, 2.24) is 8.97 Å². The molecule has 6 heteroatoms. The van der Waals surface area contributed by atoms with E-state index in [1.54, 1.807) is 0 Å². The van der Waals surface area contributed by atoms with E-state index < -0.39 is 0 Å². The average Bonchev–Trinajstić information content (AvgIpc) is 2.81. The SMILES string of the molecule is CC(C)(C)CN1c2ccc([N+](C)(C)CCCO)cc2N(CC(C)(C)C)c2ccc([N+](C)(C)CCCO)cc21. The molecule has 0 saturated carbocycles. The lowest BCUT2D eigenvalue weighted by Gasteiger charge is -2.45. The summed E-state index contributed by atoms with van der Waals surface area (Å²) in [6.45, 7) is 17.9. The van der Waals surface area contributed by atoms with Crippen molar-refractivity contribution in [3.05, 3.63) is 36.4 Å². The third-order valence-electron chi connectivity index (χ3n) is 7.49. The molecule has 2 aromatic rings. The molecule has 1 aliphatic heterocycles. The van der Waals surface area contributed by atoms with Gasteiger partial charge in [-0.3, -0.25) is 8.97 Å². The molecule has 0 radical (unpaired) electrons. The summed E-state index contributed by atoms with van der Waals surface area (Å²) in [5, 5.41) is 19.0. The van der Waals surface area contributed by atoms with Crippen molar-refractivity contribution in [3.8, 4) is 0 Å². The van der Waals surface area contributed by atoms with Crippen LogP contribution in [0, 0.1) is 10.8 Å². The number of fused-ring (bicyclic) bond motifs is 2. The Hall–Kier alpha value is -2.12. The second kappa shape index (κ2) is 11.2. The number of nitrogens with zero attached hydrogens (tertiary/aromatic N) is 4. The Morgan fingerprint density at radius 3 is 1.21 bits per heavy atom. The predicted molar refractivity (Wildman–Crippen MR) is 166 cm³/mol. The molecule has 0 bridgehead atoms. The summed E-state index contributed by atoms with van der Waals surface area (Å²) >= 11 is 0. The lowest BCUT2D eigenvalue weighted by atomic mass is 9.92. The van der Waals surface area contributed by atoms with Crippen molar-refractivity contribution in [3.63, 3.8) is 0 Å². The van der Waals surface area contributed by atoms with Crippen LogP contribution in [0.4, 0.5) is 34.1 Å². The summed E-state index contributed by atoms with van der Waals surface area (Å²) < 4.78 is 1.47. The minimum absolute atomic E-state index is 0.104. The highest BCUT2D eigenvalue weighted by Crippen LogP contribution is 2.52. The molecule has 2 aromatic carbocycles. The Bertz CT molecular complexity index is 1010.